The van der Waals surface area contributed by atoms with Crippen LogP contribution in [0, 0.1) is 13.8 Å². The number of amides is 2. The molecule has 2 amide bonds. The smallest absolute Gasteiger partial charge is 0.314 e. The lowest BCUT2D eigenvalue weighted by Crippen LogP contribution is -2.34. The van der Waals surface area contributed by atoms with Gasteiger partial charge in [-0.05, 0) is 37.0 Å². The van der Waals surface area contributed by atoms with Crippen molar-refractivity contribution in [2.45, 2.75) is 20.3 Å². The minimum Gasteiger partial charge on any atom is -0.496 e. The van der Waals surface area contributed by atoms with E-state index < -0.39 is 0 Å². The Labute approximate surface area is 102 Å². The fourth-order valence-corrected chi connectivity index (χ4v) is 1.92. The first-order chi connectivity index (χ1) is 8.08. The Morgan fingerprint density at radius 3 is 2.35 bits per heavy atom. The quantitative estimate of drug-likeness (QED) is 0.837. The molecule has 0 fully saturated rings. The maximum absolute atomic E-state index is 11.0. The molecule has 17 heavy (non-hydrogen) atoms. The maximum atomic E-state index is 11.0. The Balaban J connectivity index is 2.64. The number of benzene rings is 1. The third kappa shape index (κ3) is 3.66. The molecule has 0 spiro atoms. The molecule has 0 radical (unpaired) electrons. The number of rotatable bonds is 4. The molecule has 0 aliphatic rings. The third-order valence-corrected chi connectivity index (χ3v) is 2.65. The predicted molar refractivity (Wildman–Crippen MR) is 68.6 cm³/mol. The lowest BCUT2D eigenvalue weighted by Gasteiger charge is -2.11. The molecule has 1 rings (SSSR count). The number of ether oxygens (including phenoxy) is 1. The van der Waals surface area contributed by atoms with Crippen LogP contribution >= 0.6 is 0 Å². The van der Waals surface area contributed by atoms with Crippen molar-refractivity contribution >= 4 is 6.03 Å². The first-order valence-electron chi connectivity index (χ1n) is 5.68. The van der Waals surface area contributed by atoms with Gasteiger partial charge in [-0.1, -0.05) is 12.1 Å². The van der Waals surface area contributed by atoms with Crippen LogP contribution in [0.4, 0.5) is 4.79 Å². The molecule has 0 aromatic heterocycles. The van der Waals surface area contributed by atoms with Gasteiger partial charge in [0.2, 0.25) is 0 Å². The molecule has 1 aromatic carbocycles. The molecule has 0 saturated carbocycles. The van der Waals surface area contributed by atoms with Crippen molar-refractivity contribution in [2.75, 3.05) is 20.7 Å². The van der Waals surface area contributed by atoms with Crippen LogP contribution in [0.25, 0.3) is 0 Å². The highest BCUT2D eigenvalue weighted by atomic mass is 16.5. The maximum Gasteiger partial charge on any atom is 0.314 e. The monoisotopic (exact) mass is 236 g/mol. The Morgan fingerprint density at radius 2 is 1.88 bits per heavy atom. The molecule has 4 heteroatoms. The van der Waals surface area contributed by atoms with Gasteiger partial charge in [-0.2, -0.15) is 0 Å². The molecule has 0 saturated heterocycles. The molecule has 4 nitrogen and oxygen atoms in total. The van der Waals surface area contributed by atoms with Crippen LogP contribution in [0.3, 0.4) is 0 Å². The zero-order chi connectivity index (χ0) is 12.8. The van der Waals surface area contributed by atoms with Gasteiger partial charge in [0.1, 0.15) is 5.75 Å². The zero-order valence-electron chi connectivity index (χ0n) is 10.9. The number of aryl methyl sites for hydroxylation is 2. The van der Waals surface area contributed by atoms with Crippen LogP contribution in [0.5, 0.6) is 5.75 Å². The summed E-state index contributed by atoms with van der Waals surface area (Å²) in [6, 6.07) is 4.04. The first kappa shape index (κ1) is 13.4. The van der Waals surface area contributed by atoms with Gasteiger partial charge < -0.3 is 15.4 Å². The normalized spacial score (nSPS) is 9.88. The first-order valence-corrected chi connectivity index (χ1v) is 5.68. The van der Waals surface area contributed by atoms with Crippen molar-refractivity contribution in [3.05, 3.63) is 28.8 Å². The van der Waals surface area contributed by atoms with E-state index in [0.29, 0.717) is 6.54 Å². The minimum atomic E-state index is -0.146. The molecule has 1 aromatic rings. The highest BCUT2D eigenvalue weighted by Gasteiger charge is 2.05. The minimum absolute atomic E-state index is 0.146. The van der Waals surface area contributed by atoms with Crippen LogP contribution in [0.15, 0.2) is 12.1 Å². The van der Waals surface area contributed by atoms with Crippen molar-refractivity contribution in [1.29, 1.82) is 0 Å². The SMILES string of the molecule is CNC(=O)NCCc1cc(C)c(OC)c(C)c1. The second-order valence-electron chi connectivity index (χ2n) is 4.02. The highest BCUT2D eigenvalue weighted by Crippen LogP contribution is 2.24. The van der Waals surface area contributed by atoms with Crippen molar-refractivity contribution < 1.29 is 9.53 Å². The lowest BCUT2D eigenvalue weighted by molar-refractivity contribution is 0.243. The fraction of sp³-hybridized carbons (Fsp3) is 0.462. The van der Waals surface area contributed by atoms with E-state index >= 15 is 0 Å². The van der Waals surface area contributed by atoms with Crippen molar-refractivity contribution in [1.82, 2.24) is 10.6 Å². The van der Waals surface area contributed by atoms with E-state index in [0.717, 1.165) is 23.3 Å². The van der Waals surface area contributed by atoms with E-state index in [1.807, 2.05) is 13.8 Å². The lowest BCUT2D eigenvalue weighted by atomic mass is 10.0. The number of carbonyl (C=O) groups is 1. The van der Waals surface area contributed by atoms with Gasteiger partial charge in [0.25, 0.3) is 0 Å². The largest absolute Gasteiger partial charge is 0.496 e. The average Bonchev–Trinajstić information content (AvgIpc) is 2.28. The molecular formula is C13H20N2O2. The Kier molecular flexibility index (Phi) is 4.82. The number of urea groups is 1. The summed E-state index contributed by atoms with van der Waals surface area (Å²) in [6.45, 7) is 4.69. The van der Waals surface area contributed by atoms with Gasteiger partial charge in [-0.15, -0.1) is 0 Å². The molecule has 0 unspecified atom stereocenters. The Hall–Kier alpha value is -1.71. The van der Waals surface area contributed by atoms with Crippen LogP contribution in [-0.4, -0.2) is 26.7 Å². The molecule has 94 valence electrons. The topological polar surface area (TPSA) is 50.4 Å². The van der Waals surface area contributed by atoms with Gasteiger partial charge in [0.05, 0.1) is 7.11 Å². The summed E-state index contributed by atoms with van der Waals surface area (Å²) in [5, 5.41) is 5.29. The summed E-state index contributed by atoms with van der Waals surface area (Å²) in [7, 11) is 3.29. The fourth-order valence-electron chi connectivity index (χ4n) is 1.92. The molecule has 0 heterocycles. The zero-order valence-corrected chi connectivity index (χ0v) is 10.9. The Morgan fingerprint density at radius 1 is 1.29 bits per heavy atom. The van der Waals surface area contributed by atoms with Crippen LogP contribution in [-0.2, 0) is 6.42 Å². The van der Waals surface area contributed by atoms with E-state index in [9.17, 15) is 4.79 Å². The van der Waals surface area contributed by atoms with E-state index in [4.69, 9.17) is 4.74 Å². The number of hydrogen-bond acceptors (Lipinski definition) is 2. The molecule has 0 bridgehead atoms. The van der Waals surface area contributed by atoms with Crippen molar-refractivity contribution in [3.8, 4) is 5.75 Å². The summed E-state index contributed by atoms with van der Waals surface area (Å²) < 4.78 is 5.31. The van der Waals surface area contributed by atoms with Gasteiger partial charge in [0.15, 0.2) is 0 Å². The molecule has 0 atom stereocenters. The van der Waals surface area contributed by atoms with Crippen LogP contribution in [0.2, 0.25) is 0 Å². The van der Waals surface area contributed by atoms with E-state index in [1.165, 1.54) is 5.56 Å². The van der Waals surface area contributed by atoms with Crippen molar-refractivity contribution in [2.24, 2.45) is 0 Å². The van der Waals surface area contributed by atoms with Crippen molar-refractivity contribution in [3.63, 3.8) is 0 Å². The standard InChI is InChI=1S/C13H20N2O2/c1-9-7-11(5-6-15-13(16)14-3)8-10(2)12(9)17-4/h7-8H,5-6H2,1-4H3,(H2,14,15,16). The van der Waals surface area contributed by atoms with Gasteiger partial charge in [0, 0.05) is 13.6 Å². The second-order valence-corrected chi connectivity index (χ2v) is 4.02. The van der Waals surface area contributed by atoms with Gasteiger partial charge in [-0.25, -0.2) is 4.79 Å². The van der Waals surface area contributed by atoms with E-state index in [-0.39, 0.29) is 6.03 Å². The summed E-state index contributed by atoms with van der Waals surface area (Å²) in [6.07, 6.45) is 0.819. The van der Waals surface area contributed by atoms with E-state index in [2.05, 4.69) is 22.8 Å². The van der Waals surface area contributed by atoms with Crippen LogP contribution in [0.1, 0.15) is 16.7 Å². The number of carbonyl (C=O) groups excluding carboxylic acids is 1. The number of methoxy groups -OCH3 is 1. The van der Waals surface area contributed by atoms with Gasteiger partial charge >= 0.3 is 6.03 Å². The molecular weight excluding hydrogens is 216 g/mol. The van der Waals surface area contributed by atoms with Gasteiger partial charge in [-0.3, -0.25) is 0 Å². The molecule has 2 N–H and O–H groups in total. The summed E-state index contributed by atoms with van der Waals surface area (Å²) in [5.74, 6) is 0.938. The third-order valence-electron chi connectivity index (χ3n) is 2.65. The average molecular weight is 236 g/mol. The predicted octanol–water partition coefficient (Wildman–Crippen LogP) is 1.78. The molecule has 0 aliphatic carbocycles. The summed E-state index contributed by atoms with van der Waals surface area (Å²) >= 11 is 0. The molecule has 0 aliphatic heterocycles. The number of hydrogen-bond donors (Lipinski definition) is 2. The highest BCUT2D eigenvalue weighted by molar-refractivity contribution is 5.73. The Bertz CT molecular complexity index is 379. The van der Waals surface area contributed by atoms with Crippen LogP contribution < -0.4 is 15.4 Å². The second kappa shape index (κ2) is 6.13. The summed E-state index contributed by atoms with van der Waals surface area (Å²) in [5.41, 5.74) is 3.46. The summed E-state index contributed by atoms with van der Waals surface area (Å²) in [4.78, 5) is 11.0. The van der Waals surface area contributed by atoms with E-state index in [1.54, 1.807) is 14.2 Å². The number of nitrogens with one attached hydrogen (secondary N) is 2.